The maximum atomic E-state index is 13.9. The summed E-state index contributed by atoms with van der Waals surface area (Å²) in [4.78, 5) is 25.9. The van der Waals surface area contributed by atoms with Crippen LogP contribution in [0.2, 0.25) is 5.02 Å². The van der Waals surface area contributed by atoms with Crippen molar-refractivity contribution in [2.24, 2.45) is 0 Å². The van der Waals surface area contributed by atoms with Crippen molar-refractivity contribution in [3.05, 3.63) is 88.6 Å². The van der Waals surface area contributed by atoms with Crippen LogP contribution in [0.1, 0.15) is 26.5 Å². The van der Waals surface area contributed by atoms with Crippen molar-refractivity contribution in [3.63, 3.8) is 0 Å². The summed E-state index contributed by atoms with van der Waals surface area (Å²) >= 11 is 6.01. The first-order valence-corrected chi connectivity index (χ1v) is 8.47. The van der Waals surface area contributed by atoms with Gasteiger partial charge in [-0.1, -0.05) is 17.7 Å². The number of nitrogens with one attached hydrogen (secondary N) is 1. The zero-order valence-corrected chi connectivity index (χ0v) is 15.2. The molecule has 0 atom stereocenters. The predicted octanol–water partition coefficient (Wildman–Crippen LogP) is 4.60. The third kappa shape index (κ3) is 4.35. The molecule has 0 aliphatic heterocycles. The van der Waals surface area contributed by atoms with Gasteiger partial charge >= 0.3 is 0 Å². The second kappa shape index (κ2) is 8.05. The summed E-state index contributed by atoms with van der Waals surface area (Å²) < 4.78 is 18.9. The van der Waals surface area contributed by atoms with Gasteiger partial charge in [0, 0.05) is 35.4 Å². The normalized spacial score (nSPS) is 10.5. The maximum Gasteiger partial charge on any atom is 0.291 e. The molecule has 0 bridgehead atoms. The fourth-order valence-corrected chi connectivity index (χ4v) is 2.73. The number of carbonyl (C=O) groups excluding carboxylic acids is 2. The molecule has 0 radical (unpaired) electrons. The minimum absolute atomic E-state index is 0.0430. The summed E-state index contributed by atoms with van der Waals surface area (Å²) in [7, 11) is 1.57. The fourth-order valence-electron chi connectivity index (χ4n) is 2.51. The van der Waals surface area contributed by atoms with Gasteiger partial charge in [0.15, 0.2) is 5.76 Å². The highest BCUT2D eigenvalue weighted by Gasteiger charge is 2.16. The molecule has 0 aliphatic rings. The molecule has 2 aromatic carbocycles. The third-order valence-electron chi connectivity index (χ3n) is 3.94. The van der Waals surface area contributed by atoms with Gasteiger partial charge in [-0.3, -0.25) is 9.59 Å². The van der Waals surface area contributed by atoms with E-state index in [4.69, 9.17) is 16.0 Å². The molecule has 3 aromatic rings. The molecule has 0 aliphatic carbocycles. The van der Waals surface area contributed by atoms with E-state index in [9.17, 15) is 14.0 Å². The molecule has 0 unspecified atom stereocenters. The minimum Gasteiger partial charge on any atom is -0.459 e. The molecule has 0 spiro atoms. The van der Waals surface area contributed by atoms with Gasteiger partial charge < -0.3 is 14.6 Å². The smallest absolute Gasteiger partial charge is 0.291 e. The zero-order valence-electron chi connectivity index (χ0n) is 14.4. The molecular formula is C20H16ClFN2O3. The number of hydrogen-bond acceptors (Lipinski definition) is 3. The summed E-state index contributed by atoms with van der Waals surface area (Å²) in [6.45, 7) is 0.0430. The van der Waals surface area contributed by atoms with Crippen LogP contribution in [0.25, 0.3) is 0 Å². The Morgan fingerprint density at radius 1 is 1.11 bits per heavy atom. The van der Waals surface area contributed by atoms with Crippen LogP contribution < -0.4 is 5.32 Å². The summed E-state index contributed by atoms with van der Waals surface area (Å²) in [5, 5.41) is 2.94. The van der Waals surface area contributed by atoms with Gasteiger partial charge in [-0.05, 0) is 48.5 Å². The predicted molar refractivity (Wildman–Crippen MR) is 100 cm³/mol. The highest BCUT2D eigenvalue weighted by molar-refractivity contribution is 6.31. The Balaban J connectivity index is 1.67. The number of halogens is 2. The average Bonchev–Trinajstić information content (AvgIpc) is 3.19. The van der Waals surface area contributed by atoms with E-state index in [1.165, 1.54) is 23.3 Å². The highest BCUT2D eigenvalue weighted by Crippen LogP contribution is 2.21. The number of anilines is 1. The van der Waals surface area contributed by atoms with E-state index in [0.717, 1.165) is 0 Å². The van der Waals surface area contributed by atoms with Gasteiger partial charge in [-0.15, -0.1) is 0 Å². The molecule has 2 amide bonds. The van der Waals surface area contributed by atoms with Gasteiger partial charge in [0.1, 0.15) is 5.82 Å². The Labute approximate surface area is 160 Å². The molecule has 138 valence electrons. The van der Waals surface area contributed by atoms with Crippen molar-refractivity contribution in [1.82, 2.24) is 4.90 Å². The first kappa shape index (κ1) is 18.7. The molecule has 1 aromatic heterocycles. The Morgan fingerprint density at radius 3 is 2.48 bits per heavy atom. The Bertz CT molecular complexity index is 936. The zero-order chi connectivity index (χ0) is 19.4. The van der Waals surface area contributed by atoms with Crippen LogP contribution in [-0.2, 0) is 6.54 Å². The number of amides is 2. The van der Waals surface area contributed by atoms with E-state index in [1.807, 2.05) is 0 Å². The van der Waals surface area contributed by atoms with E-state index in [0.29, 0.717) is 11.3 Å². The molecule has 7 heteroatoms. The van der Waals surface area contributed by atoms with Gasteiger partial charge in [0.2, 0.25) is 0 Å². The topological polar surface area (TPSA) is 62.6 Å². The third-order valence-corrected chi connectivity index (χ3v) is 4.29. The lowest BCUT2D eigenvalue weighted by Gasteiger charge is -2.18. The second-order valence-corrected chi connectivity index (χ2v) is 6.28. The molecular weight excluding hydrogens is 371 g/mol. The average molecular weight is 387 g/mol. The molecule has 5 nitrogen and oxygen atoms in total. The van der Waals surface area contributed by atoms with Crippen molar-refractivity contribution in [3.8, 4) is 0 Å². The van der Waals surface area contributed by atoms with Crippen LogP contribution >= 0.6 is 11.6 Å². The Kier molecular flexibility index (Phi) is 5.57. The summed E-state index contributed by atoms with van der Waals surface area (Å²) in [6.07, 6.45) is 1.41. The molecule has 3 rings (SSSR count). The quantitative estimate of drug-likeness (QED) is 0.697. The number of rotatable bonds is 5. The lowest BCUT2D eigenvalue weighted by atomic mass is 10.1. The number of nitrogens with zero attached hydrogens (tertiary/aromatic N) is 1. The Morgan fingerprint density at radius 2 is 1.85 bits per heavy atom. The number of benzene rings is 2. The lowest BCUT2D eigenvalue weighted by Crippen LogP contribution is -2.26. The van der Waals surface area contributed by atoms with Crippen molar-refractivity contribution in [2.75, 3.05) is 12.4 Å². The largest absolute Gasteiger partial charge is 0.459 e. The summed E-state index contributed by atoms with van der Waals surface area (Å²) in [5.74, 6) is -0.946. The number of hydrogen-bond donors (Lipinski definition) is 1. The lowest BCUT2D eigenvalue weighted by molar-refractivity contribution is 0.0784. The number of carbonyl (C=O) groups is 2. The second-order valence-electron chi connectivity index (χ2n) is 5.87. The fraction of sp³-hybridized carbons (Fsp3) is 0.100. The van der Waals surface area contributed by atoms with Crippen LogP contribution in [0.3, 0.4) is 0 Å². The summed E-state index contributed by atoms with van der Waals surface area (Å²) in [5.41, 5.74) is 1.19. The van der Waals surface area contributed by atoms with Crippen LogP contribution in [0.15, 0.2) is 65.3 Å². The highest BCUT2D eigenvalue weighted by atomic mass is 35.5. The summed E-state index contributed by atoms with van der Waals surface area (Å²) in [6, 6.07) is 13.9. The molecule has 1 N–H and O–H groups in total. The Hall–Kier alpha value is -3.12. The maximum absolute atomic E-state index is 13.9. The number of furan rings is 1. The molecule has 27 heavy (non-hydrogen) atoms. The SMILES string of the molecule is CN(Cc1c(F)cccc1Cl)C(=O)c1ccc(NC(=O)c2ccco2)cc1. The first-order valence-electron chi connectivity index (χ1n) is 8.09. The van der Waals surface area contributed by atoms with E-state index >= 15 is 0 Å². The molecule has 0 saturated heterocycles. The van der Waals surface area contributed by atoms with Crippen LogP contribution in [0.4, 0.5) is 10.1 Å². The van der Waals surface area contributed by atoms with E-state index in [2.05, 4.69) is 5.32 Å². The van der Waals surface area contributed by atoms with Crippen LogP contribution in [-0.4, -0.2) is 23.8 Å². The van der Waals surface area contributed by atoms with Crippen molar-refractivity contribution in [1.29, 1.82) is 0 Å². The van der Waals surface area contributed by atoms with E-state index in [1.54, 1.807) is 49.5 Å². The van der Waals surface area contributed by atoms with Gasteiger partial charge in [-0.2, -0.15) is 0 Å². The molecule has 0 fully saturated rings. The van der Waals surface area contributed by atoms with Crippen LogP contribution in [0, 0.1) is 5.82 Å². The minimum atomic E-state index is -0.460. The van der Waals surface area contributed by atoms with Gasteiger partial charge in [-0.25, -0.2) is 4.39 Å². The van der Waals surface area contributed by atoms with E-state index < -0.39 is 5.82 Å². The molecule has 1 heterocycles. The molecule has 0 saturated carbocycles. The monoisotopic (exact) mass is 386 g/mol. The van der Waals surface area contributed by atoms with Crippen molar-refractivity contribution >= 4 is 29.1 Å². The van der Waals surface area contributed by atoms with Crippen LogP contribution in [0.5, 0.6) is 0 Å². The van der Waals surface area contributed by atoms with Crippen molar-refractivity contribution < 1.29 is 18.4 Å². The van der Waals surface area contributed by atoms with Gasteiger partial charge in [0.05, 0.1) is 6.26 Å². The first-order chi connectivity index (χ1) is 13.0. The van der Waals surface area contributed by atoms with Crippen molar-refractivity contribution in [2.45, 2.75) is 6.54 Å². The standard InChI is InChI=1S/C20H16ClFN2O3/c1-24(12-15-16(21)4-2-5-17(15)22)20(26)13-7-9-14(10-8-13)23-19(25)18-6-3-11-27-18/h2-11H,12H2,1H3,(H,23,25). The van der Waals surface area contributed by atoms with E-state index in [-0.39, 0.29) is 34.7 Å². The van der Waals surface area contributed by atoms with Gasteiger partial charge in [0.25, 0.3) is 11.8 Å².